The van der Waals surface area contributed by atoms with E-state index in [1.165, 1.54) is 12.1 Å². The van der Waals surface area contributed by atoms with Crippen LogP contribution in [0.2, 0.25) is 0 Å². The van der Waals surface area contributed by atoms with Crippen LogP contribution in [-0.2, 0) is 0 Å². The molecule has 5 heteroatoms. The smallest absolute Gasteiger partial charge is 0.140 e. The predicted molar refractivity (Wildman–Crippen MR) is 64.5 cm³/mol. The predicted octanol–water partition coefficient (Wildman–Crippen LogP) is 3.09. The summed E-state index contributed by atoms with van der Waals surface area (Å²) in [6, 6.07) is 1.87. The molecule has 2 N–H and O–H groups in total. The molecule has 0 fully saturated rings. The first kappa shape index (κ1) is 14.3. The summed E-state index contributed by atoms with van der Waals surface area (Å²) in [5.41, 5.74) is -0.0404. The molecule has 94 valence electrons. The number of halogens is 3. The quantitative estimate of drug-likeness (QED) is 0.648. The van der Waals surface area contributed by atoms with Crippen molar-refractivity contribution in [1.82, 2.24) is 0 Å². The van der Waals surface area contributed by atoms with Crippen molar-refractivity contribution in [2.45, 2.75) is 25.0 Å². The molecule has 2 atom stereocenters. The Balaban J connectivity index is 2.85. The van der Waals surface area contributed by atoms with Crippen molar-refractivity contribution in [3.63, 3.8) is 0 Å². The molecule has 1 rings (SSSR count). The Kier molecular flexibility index (Phi) is 5.24. The molecule has 1 aromatic carbocycles. The maximum absolute atomic E-state index is 13.4. The number of aliphatic hydroxyl groups excluding tert-OH is 2. The van der Waals surface area contributed by atoms with Gasteiger partial charge in [0.25, 0.3) is 0 Å². The lowest BCUT2D eigenvalue weighted by molar-refractivity contribution is 0.0801. The maximum atomic E-state index is 13.4. The Morgan fingerprint density at radius 3 is 2.53 bits per heavy atom. The van der Waals surface area contributed by atoms with E-state index in [2.05, 4.69) is 22.5 Å². The van der Waals surface area contributed by atoms with E-state index < -0.39 is 23.8 Å². The first-order valence-corrected chi connectivity index (χ1v) is 5.86. The van der Waals surface area contributed by atoms with E-state index in [0.29, 0.717) is 12.5 Å². The zero-order valence-corrected chi connectivity index (χ0v) is 10.6. The zero-order chi connectivity index (χ0) is 13.0. The third-order valence-corrected chi connectivity index (χ3v) is 2.94. The van der Waals surface area contributed by atoms with Gasteiger partial charge < -0.3 is 10.2 Å². The van der Waals surface area contributed by atoms with Gasteiger partial charge in [-0.1, -0.05) is 6.08 Å². The molecular weight excluding hydrogens is 294 g/mol. The molecule has 0 saturated heterocycles. The number of benzene rings is 1. The van der Waals surface area contributed by atoms with Crippen LogP contribution >= 0.6 is 15.9 Å². The fourth-order valence-corrected chi connectivity index (χ4v) is 1.83. The highest BCUT2D eigenvalue weighted by Gasteiger charge is 2.18. The van der Waals surface area contributed by atoms with Crippen LogP contribution in [0, 0.1) is 11.6 Å². The second-order valence-electron chi connectivity index (χ2n) is 3.72. The van der Waals surface area contributed by atoms with E-state index in [9.17, 15) is 19.0 Å². The Morgan fingerprint density at radius 2 is 1.94 bits per heavy atom. The van der Waals surface area contributed by atoms with Crippen molar-refractivity contribution in [3.8, 4) is 0 Å². The fraction of sp³-hybridized carbons (Fsp3) is 0.333. The summed E-state index contributed by atoms with van der Waals surface area (Å²) >= 11 is 2.91. The van der Waals surface area contributed by atoms with Gasteiger partial charge in [-0.2, -0.15) is 0 Å². The van der Waals surface area contributed by atoms with Gasteiger partial charge in [0, 0.05) is 18.1 Å². The van der Waals surface area contributed by atoms with Gasteiger partial charge in [-0.3, -0.25) is 0 Å². The van der Waals surface area contributed by atoms with E-state index in [0.717, 1.165) is 0 Å². The van der Waals surface area contributed by atoms with Crippen LogP contribution in [0.3, 0.4) is 0 Å². The molecule has 1 aromatic rings. The van der Waals surface area contributed by atoms with Gasteiger partial charge in [0.2, 0.25) is 0 Å². The van der Waals surface area contributed by atoms with E-state index >= 15 is 0 Å². The van der Waals surface area contributed by atoms with Gasteiger partial charge in [0.15, 0.2) is 0 Å². The summed E-state index contributed by atoms with van der Waals surface area (Å²) in [4.78, 5) is 0. The van der Waals surface area contributed by atoms with E-state index in [4.69, 9.17) is 0 Å². The molecule has 0 heterocycles. The second-order valence-corrected chi connectivity index (χ2v) is 4.57. The molecular formula is C12H13BrF2O2. The SMILES string of the molecule is C=CCC(O)CC(O)c1cc(Br)c(F)cc1F. The molecule has 0 bridgehead atoms. The average Bonchev–Trinajstić information content (AvgIpc) is 2.23. The monoisotopic (exact) mass is 306 g/mol. The average molecular weight is 307 g/mol. The molecule has 0 amide bonds. The third-order valence-electron chi connectivity index (χ3n) is 2.33. The van der Waals surface area contributed by atoms with Crippen LogP contribution in [0.5, 0.6) is 0 Å². The lowest BCUT2D eigenvalue weighted by Gasteiger charge is -2.15. The normalized spacial score (nSPS) is 14.4. The number of rotatable bonds is 5. The Hall–Kier alpha value is -0.780. The minimum absolute atomic E-state index is 0.0268. The molecule has 2 unspecified atom stereocenters. The van der Waals surface area contributed by atoms with Crippen molar-refractivity contribution in [3.05, 3.63) is 46.5 Å². The van der Waals surface area contributed by atoms with Crippen molar-refractivity contribution < 1.29 is 19.0 Å². The summed E-state index contributed by atoms with van der Waals surface area (Å²) in [7, 11) is 0. The standard InChI is InChI=1S/C12H13BrF2O2/c1-2-3-7(16)4-12(17)8-5-9(13)11(15)6-10(8)14/h2,5-7,12,16-17H,1,3-4H2. The molecule has 2 nitrogen and oxygen atoms in total. The van der Waals surface area contributed by atoms with Crippen LogP contribution in [0.15, 0.2) is 29.3 Å². The van der Waals surface area contributed by atoms with Crippen LogP contribution in [-0.4, -0.2) is 16.3 Å². The van der Waals surface area contributed by atoms with Crippen molar-refractivity contribution in [2.75, 3.05) is 0 Å². The lowest BCUT2D eigenvalue weighted by atomic mass is 10.0. The Bertz CT molecular complexity index is 410. The lowest BCUT2D eigenvalue weighted by Crippen LogP contribution is -2.12. The summed E-state index contributed by atoms with van der Waals surface area (Å²) in [5, 5.41) is 19.2. The van der Waals surface area contributed by atoms with E-state index in [1.54, 1.807) is 0 Å². The molecule has 0 aliphatic rings. The van der Waals surface area contributed by atoms with Gasteiger partial charge in [0.05, 0.1) is 16.7 Å². The molecule has 0 aromatic heterocycles. The van der Waals surface area contributed by atoms with Crippen molar-refractivity contribution in [2.24, 2.45) is 0 Å². The molecule has 0 aliphatic carbocycles. The molecule has 0 spiro atoms. The van der Waals surface area contributed by atoms with Crippen LogP contribution in [0.4, 0.5) is 8.78 Å². The molecule has 0 aliphatic heterocycles. The minimum atomic E-state index is -1.18. The fourth-order valence-electron chi connectivity index (χ4n) is 1.47. The highest BCUT2D eigenvalue weighted by molar-refractivity contribution is 9.10. The Morgan fingerprint density at radius 1 is 1.29 bits per heavy atom. The summed E-state index contributed by atoms with van der Waals surface area (Å²) < 4.78 is 26.4. The highest BCUT2D eigenvalue weighted by Crippen LogP contribution is 2.27. The molecule has 17 heavy (non-hydrogen) atoms. The van der Waals surface area contributed by atoms with Gasteiger partial charge >= 0.3 is 0 Å². The number of hydrogen-bond acceptors (Lipinski definition) is 2. The second kappa shape index (κ2) is 6.23. The Labute approximate surface area is 107 Å². The van der Waals surface area contributed by atoms with E-state index in [1.807, 2.05) is 0 Å². The van der Waals surface area contributed by atoms with Gasteiger partial charge in [-0.15, -0.1) is 6.58 Å². The first-order chi connectivity index (χ1) is 7.95. The zero-order valence-electron chi connectivity index (χ0n) is 9.04. The van der Waals surface area contributed by atoms with Crippen molar-refractivity contribution >= 4 is 15.9 Å². The van der Waals surface area contributed by atoms with Crippen LogP contribution < -0.4 is 0 Å². The number of aliphatic hydroxyl groups is 2. The topological polar surface area (TPSA) is 40.5 Å². The van der Waals surface area contributed by atoms with Crippen molar-refractivity contribution in [1.29, 1.82) is 0 Å². The van der Waals surface area contributed by atoms with Crippen LogP contribution in [0.1, 0.15) is 24.5 Å². The summed E-state index contributed by atoms with van der Waals surface area (Å²) in [6.45, 7) is 3.45. The van der Waals surface area contributed by atoms with Crippen LogP contribution in [0.25, 0.3) is 0 Å². The molecule has 0 saturated carbocycles. The first-order valence-electron chi connectivity index (χ1n) is 5.07. The minimum Gasteiger partial charge on any atom is -0.393 e. The van der Waals surface area contributed by atoms with Gasteiger partial charge in [-0.25, -0.2) is 8.78 Å². The van der Waals surface area contributed by atoms with E-state index in [-0.39, 0.29) is 16.5 Å². The van der Waals surface area contributed by atoms with Gasteiger partial charge in [-0.05, 0) is 28.4 Å². The summed E-state index contributed by atoms with van der Waals surface area (Å²) in [5.74, 6) is -1.56. The maximum Gasteiger partial charge on any atom is 0.140 e. The highest BCUT2D eigenvalue weighted by atomic mass is 79.9. The number of hydrogen-bond donors (Lipinski definition) is 2. The largest absolute Gasteiger partial charge is 0.393 e. The van der Waals surface area contributed by atoms with Gasteiger partial charge in [0.1, 0.15) is 11.6 Å². The summed E-state index contributed by atoms with van der Waals surface area (Å²) in [6.07, 6.45) is -0.191. The molecule has 0 radical (unpaired) electrons. The third kappa shape index (κ3) is 3.87.